The molecule has 0 saturated heterocycles. The Hall–Kier alpha value is -0.745. The summed E-state index contributed by atoms with van der Waals surface area (Å²) in [5.41, 5.74) is 1.17. The van der Waals surface area contributed by atoms with Gasteiger partial charge in [0.15, 0.2) is 0 Å². The molecule has 0 aromatic heterocycles. The van der Waals surface area contributed by atoms with Crippen molar-refractivity contribution >= 4 is 29.2 Å². The van der Waals surface area contributed by atoms with Gasteiger partial charge in [-0.2, -0.15) is 36.0 Å². The number of para-hydroxylation sites is 2. The van der Waals surface area contributed by atoms with E-state index in [-0.39, 0.29) is 37.7 Å². The summed E-state index contributed by atoms with van der Waals surface area (Å²) in [7, 11) is 0. The van der Waals surface area contributed by atoms with Gasteiger partial charge in [-0.1, -0.05) is 22.7 Å². The van der Waals surface area contributed by atoms with Crippen LogP contribution in [0.15, 0.2) is 52.3 Å². The van der Waals surface area contributed by atoms with E-state index in [0.29, 0.717) is 11.4 Å². The topological polar surface area (TPSA) is 43.4 Å². The summed E-state index contributed by atoms with van der Waals surface area (Å²) in [5, 5.41) is 11.3. The van der Waals surface area contributed by atoms with Crippen LogP contribution in [0.5, 0.6) is 0 Å². The number of hydrogen-bond donors (Lipinski definition) is 0. The molecule has 0 atom stereocenters. The molecule has 0 spiro atoms. The molecule has 0 bridgehead atoms. The Balaban J connectivity index is 0.000000902. The van der Waals surface area contributed by atoms with Crippen molar-refractivity contribution in [1.82, 2.24) is 0 Å². The van der Waals surface area contributed by atoms with Crippen molar-refractivity contribution in [3.05, 3.63) is 48.5 Å². The predicted molar refractivity (Wildman–Crippen MR) is 63.4 cm³/mol. The average molecular weight is 255 g/mol. The van der Waals surface area contributed by atoms with Gasteiger partial charge in [0.05, 0.1) is 5.69 Å². The first-order valence-electron chi connectivity index (χ1n) is 5.06. The van der Waals surface area contributed by atoms with Crippen LogP contribution in [0.3, 0.4) is 0 Å². The number of fused-ring (bicyclic) bond motifs is 2. The first-order valence-corrected chi connectivity index (χ1v) is 5.88. The van der Waals surface area contributed by atoms with E-state index in [9.17, 15) is 9.90 Å². The molecule has 1 aliphatic heterocycles. The summed E-state index contributed by atoms with van der Waals surface area (Å²) in [6.45, 7) is 0. The number of carboxylic acid groups (broad SMARTS) is 1. The van der Waals surface area contributed by atoms with Gasteiger partial charge in [-0.3, -0.25) is 0 Å². The van der Waals surface area contributed by atoms with Crippen molar-refractivity contribution < 1.29 is 47.6 Å². The Labute approximate surface area is 139 Å². The largest absolute Gasteiger partial charge is 1.00 e. The van der Waals surface area contributed by atoms with Crippen LogP contribution in [0.2, 0.25) is 0 Å². The minimum atomic E-state index is -1.23. The summed E-state index contributed by atoms with van der Waals surface area (Å²) in [6, 6.07) is 15.7. The maximum absolute atomic E-state index is 11.3. The molecule has 1 amide bonds. The first-order chi connectivity index (χ1) is 8.27. The zero-order valence-electron chi connectivity index (χ0n) is 10.7. The van der Waals surface area contributed by atoms with Gasteiger partial charge in [0.25, 0.3) is 0 Å². The van der Waals surface area contributed by atoms with Crippen molar-refractivity contribution in [3.63, 3.8) is 0 Å². The van der Waals surface area contributed by atoms with Crippen molar-refractivity contribution in [2.45, 2.75) is 9.79 Å². The number of hydrogen-bond acceptors (Lipinski definition) is 3. The summed E-state index contributed by atoms with van der Waals surface area (Å²) in [6.07, 6.45) is -1.23. The zero-order chi connectivity index (χ0) is 11.8. The molecule has 6 heteroatoms. The quantitative estimate of drug-likeness (QED) is 0.361. The first kappa shape index (κ1) is 16.3. The molecule has 0 saturated carbocycles. The Morgan fingerprint density at radius 1 is 1.11 bits per heavy atom. The summed E-state index contributed by atoms with van der Waals surface area (Å²) >= 11 is 1.54. The number of nitrogens with zero attached hydrogens (tertiary/aromatic N) is 1. The standard InChI is InChI=1S/C13H8NO2S.2Li/c15-13(16)14-9-5-1-3-7-11(9)17-12-8-4-2-6-10(12)14;;/h1-5,7-8H,(H,15,16);;/q-1;2*+1/p-1. The fraction of sp³-hybridized carbons (Fsp3) is 0. The molecule has 0 fully saturated rings. The Morgan fingerprint density at radius 2 is 1.79 bits per heavy atom. The van der Waals surface area contributed by atoms with Crippen molar-refractivity contribution in [2.24, 2.45) is 0 Å². The molecule has 0 aliphatic carbocycles. The van der Waals surface area contributed by atoms with E-state index in [1.54, 1.807) is 12.1 Å². The third-order valence-corrected chi connectivity index (χ3v) is 3.64. The fourth-order valence-electron chi connectivity index (χ4n) is 1.83. The maximum Gasteiger partial charge on any atom is 1.00 e. The predicted octanol–water partition coefficient (Wildman–Crippen LogP) is -3.56. The van der Waals surface area contributed by atoms with Crippen molar-refractivity contribution in [3.8, 4) is 0 Å². The van der Waals surface area contributed by atoms with Gasteiger partial charge in [-0.25, -0.2) is 0 Å². The molecule has 3 rings (SSSR count). The number of amides is 1. The molecule has 0 N–H and O–H groups in total. The third kappa shape index (κ3) is 2.89. The van der Waals surface area contributed by atoms with Gasteiger partial charge >= 0.3 is 37.7 Å². The molecule has 3 nitrogen and oxygen atoms in total. The van der Waals surface area contributed by atoms with Gasteiger partial charge in [-0.15, -0.1) is 0 Å². The Bertz CT molecular complexity index is 561. The molecule has 84 valence electrons. The maximum atomic E-state index is 11.3. The van der Waals surface area contributed by atoms with Gasteiger partial charge in [0.2, 0.25) is 0 Å². The number of rotatable bonds is 0. The summed E-state index contributed by atoms with van der Waals surface area (Å²) in [4.78, 5) is 14.2. The van der Waals surface area contributed by atoms with E-state index in [1.807, 2.05) is 30.3 Å². The summed E-state index contributed by atoms with van der Waals surface area (Å²) in [5.74, 6) is 0. The van der Waals surface area contributed by atoms with Crippen LogP contribution in [0, 0.1) is 6.07 Å². The van der Waals surface area contributed by atoms with Gasteiger partial charge in [0.1, 0.15) is 6.09 Å². The summed E-state index contributed by atoms with van der Waals surface area (Å²) < 4.78 is 0. The SMILES string of the molecule is O=C([O-])N1c2[c-]cccc2Sc2ccccc21.[Li+].[Li+]. The van der Waals surface area contributed by atoms with Gasteiger partial charge < -0.3 is 14.8 Å². The molecular formula is C13H7Li2NO2S. The molecular weight excluding hydrogens is 248 g/mol. The van der Waals surface area contributed by atoms with Gasteiger partial charge in [0, 0.05) is 4.90 Å². The van der Waals surface area contributed by atoms with E-state index in [2.05, 4.69) is 6.07 Å². The van der Waals surface area contributed by atoms with E-state index >= 15 is 0 Å². The van der Waals surface area contributed by atoms with Crippen LogP contribution >= 0.6 is 11.8 Å². The Morgan fingerprint density at radius 3 is 2.53 bits per heavy atom. The monoisotopic (exact) mass is 255 g/mol. The van der Waals surface area contributed by atoms with Crippen LogP contribution in [0.1, 0.15) is 0 Å². The molecule has 1 aliphatic rings. The molecule has 0 radical (unpaired) electrons. The second-order valence-electron chi connectivity index (χ2n) is 3.55. The minimum absolute atomic E-state index is 0. The van der Waals surface area contributed by atoms with Crippen molar-refractivity contribution in [1.29, 1.82) is 0 Å². The van der Waals surface area contributed by atoms with E-state index in [0.717, 1.165) is 9.79 Å². The molecule has 2 aromatic carbocycles. The fourth-order valence-corrected chi connectivity index (χ4v) is 2.87. The molecule has 2 aromatic rings. The zero-order valence-corrected chi connectivity index (χ0v) is 11.5. The van der Waals surface area contributed by atoms with Crippen LogP contribution < -0.4 is 47.7 Å². The van der Waals surface area contributed by atoms with Crippen LogP contribution in [-0.4, -0.2) is 6.09 Å². The third-order valence-electron chi connectivity index (χ3n) is 2.53. The van der Waals surface area contributed by atoms with E-state index in [1.165, 1.54) is 16.7 Å². The number of carbonyl (C=O) groups is 1. The molecule has 0 unspecified atom stereocenters. The minimum Gasteiger partial charge on any atom is -0.529 e. The van der Waals surface area contributed by atoms with Crippen LogP contribution in [-0.2, 0) is 0 Å². The van der Waals surface area contributed by atoms with E-state index < -0.39 is 6.09 Å². The number of carbonyl (C=O) groups excluding carboxylic acids is 1. The smallest absolute Gasteiger partial charge is 0.529 e. The second-order valence-corrected chi connectivity index (χ2v) is 4.64. The van der Waals surface area contributed by atoms with Crippen molar-refractivity contribution in [2.75, 3.05) is 4.90 Å². The molecule has 1 heterocycles. The number of benzene rings is 2. The average Bonchev–Trinajstić information content (AvgIpc) is 2.35. The number of anilines is 2. The van der Waals surface area contributed by atoms with Crippen LogP contribution in [0.4, 0.5) is 16.2 Å². The van der Waals surface area contributed by atoms with E-state index in [4.69, 9.17) is 0 Å². The van der Waals surface area contributed by atoms with Gasteiger partial charge in [-0.05, 0) is 12.1 Å². The molecule has 19 heavy (non-hydrogen) atoms. The normalized spacial score (nSPS) is 11.5. The van der Waals surface area contributed by atoms with Crippen LogP contribution in [0.25, 0.3) is 0 Å². The Kier molecular flexibility index (Phi) is 5.68. The second kappa shape index (κ2) is 6.61.